The van der Waals surface area contributed by atoms with Crippen molar-refractivity contribution in [1.82, 2.24) is 10.6 Å². The molecular formula is C20H36IN3O3. The van der Waals surface area contributed by atoms with E-state index >= 15 is 0 Å². The summed E-state index contributed by atoms with van der Waals surface area (Å²) in [5.41, 5.74) is 1.22. The number of hydrogen-bond donors (Lipinski definition) is 3. The lowest BCUT2D eigenvalue weighted by Gasteiger charge is -2.23. The molecule has 0 aliphatic rings. The van der Waals surface area contributed by atoms with Gasteiger partial charge in [-0.3, -0.25) is 0 Å². The molecule has 0 bridgehead atoms. The monoisotopic (exact) mass is 493 g/mol. The number of rotatable bonds is 8. The van der Waals surface area contributed by atoms with Crippen molar-refractivity contribution in [3.8, 4) is 17.2 Å². The van der Waals surface area contributed by atoms with Gasteiger partial charge in [0.1, 0.15) is 0 Å². The van der Waals surface area contributed by atoms with Gasteiger partial charge >= 0.3 is 0 Å². The summed E-state index contributed by atoms with van der Waals surface area (Å²) in [7, 11) is 3.04. The molecule has 0 radical (unpaired) electrons. The minimum absolute atomic E-state index is 0. The van der Waals surface area contributed by atoms with E-state index < -0.39 is 0 Å². The number of guanidine groups is 1. The second kappa shape index (κ2) is 12.2. The number of benzene rings is 1. The summed E-state index contributed by atoms with van der Waals surface area (Å²) in [6.45, 7) is 12.2. The van der Waals surface area contributed by atoms with Gasteiger partial charge in [0, 0.05) is 12.6 Å². The molecule has 6 nitrogen and oxygen atoms in total. The summed E-state index contributed by atoms with van der Waals surface area (Å²) < 4.78 is 10.4. The summed E-state index contributed by atoms with van der Waals surface area (Å²) in [5.74, 6) is 1.54. The average molecular weight is 493 g/mol. The van der Waals surface area contributed by atoms with Crippen LogP contribution in [0.25, 0.3) is 0 Å². The van der Waals surface area contributed by atoms with Crippen molar-refractivity contribution in [2.24, 2.45) is 10.4 Å². The second-order valence-corrected chi connectivity index (χ2v) is 7.69. The van der Waals surface area contributed by atoms with Crippen LogP contribution in [0.3, 0.4) is 0 Å². The summed E-state index contributed by atoms with van der Waals surface area (Å²) >= 11 is 0. The molecule has 0 amide bonds. The second-order valence-electron chi connectivity index (χ2n) is 7.69. The fourth-order valence-corrected chi connectivity index (χ4v) is 2.48. The average Bonchev–Trinajstić information content (AvgIpc) is 2.58. The van der Waals surface area contributed by atoms with Gasteiger partial charge in [0.05, 0.1) is 20.8 Å². The van der Waals surface area contributed by atoms with Crippen molar-refractivity contribution in [3.63, 3.8) is 0 Å². The first kappa shape index (κ1) is 25.6. The van der Waals surface area contributed by atoms with E-state index in [-0.39, 0.29) is 29.7 Å². The smallest absolute Gasteiger partial charge is 0.200 e. The minimum atomic E-state index is 0. The fourth-order valence-electron chi connectivity index (χ4n) is 2.48. The van der Waals surface area contributed by atoms with Crippen LogP contribution in [0.4, 0.5) is 0 Å². The fraction of sp³-hybridized carbons (Fsp3) is 0.650. The highest BCUT2D eigenvalue weighted by atomic mass is 127. The van der Waals surface area contributed by atoms with Crippen LogP contribution < -0.4 is 20.1 Å². The summed E-state index contributed by atoms with van der Waals surface area (Å²) in [6, 6.07) is 3.87. The number of nitrogens with one attached hydrogen (secondary N) is 2. The van der Waals surface area contributed by atoms with E-state index in [0.29, 0.717) is 29.5 Å². The first-order valence-electron chi connectivity index (χ1n) is 9.18. The van der Waals surface area contributed by atoms with Gasteiger partial charge in [-0.2, -0.15) is 0 Å². The van der Waals surface area contributed by atoms with Crippen LogP contribution >= 0.6 is 24.0 Å². The Labute approximate surface area is 181 Å². The minimum Gasteiger partial charge on any atom is -0.502 e. The lowest BCUT2D eigenvalue weighted by Crippen LogP contribution is -2.42. The molecule has 0 aromatic heterocycles. The number of aromatic hydroxyl groups is 1. The third-order valence-corrected chi connectivity index (χ3v) is 4.01. The predicted molar refractivity (Wildman–Crippen MR) is 123 cm³/mol. The Morgan fingerprint density at radius 3 is 2.19 bits per heavy atom. The zero-order chi connectivity index (χ0) is 19.7. The number of aliphatic imine (C=N–C) groups is 1. The van der Waals surface area contributed by atoms with Gasteiger partial charge in [0.2, 0.25) is 5.75 Å². The van der Waals surface area contributed by atoms with Crippen LogP contribution in [0, 0.1) is 5.41 Å². The van der Waals surface area contributed by atoms with E-state index in [1.807, 2.05) is 6.92 Å². The summed E-state index contributed by atoms with van der Waals surface area (Å²) in [4.78, 5) is 4.65. The van der Waals surface area contributed by atoms with Gasteiger partial charge in [-0.15, -0.1) is 24.0 Å². The quantitative estimate of drug-likeness (QED) is 0.286. The SMILES string of the molecule is CCNC(=NCc1cc(OC)c(O)c(OC)c1)NC(C)CCC(C)(C)C.I. The molecule has 1 unspecified atom stereocenters. The molecule has 0 saturated carbocycles. The number of phenols is 1. The lowest BCUT2D eigenvalue weighted by atomic mass is 9.89. The highest BCUT2D eigenvalue weighted by Gasteiger charge is 2.14. The van der Waals surface area contributed by atoms with Crippen molar-refractivity contribution < 1.29 is 14.6 Å². The maximum Gasteiger partial charge on any atom is 0.200 e. The maximum atomic E-state index is 10.0. The first-order valence-corrected chi connectivity index (χ1v) is 9.18. The molecule has 156 valence electrons. The van der Waals surface area contributed by atoms with Crippen molar-refractivity contribution >= 4 is 29.9 Å². The van der Waals surface area contributed by atoms with Crippen LogP contribution in [-0.4, -0.2) is 37.9 Å². The lowest BCUT2D eigenvalue weighted by molar-refractivity contribution is 0.339. The van der Waals surface area contributed by atoms with Gasteiger partial charge in [-0.05, 0) is 49.8 Å². The molecule has 1 rings (SSSR count). The Morgan fingerprint density at radius 2 is 1.74 bits per heavy atom. The third-order valence-electron chi connectivity index (χ3n) is 4.01. The van der Waals surface area contributed by atoms with Crippen molar-refractivity contribution in [3.05, 3.63) is 17.7 Å². The molecule has 0 saturated heterocycles. The van der Waals surface area contributed by atoms with Gasteiger partial charge < -0.3 is 25.2 Å². The van der Waals surface area contributed by atoms with E-state index in [1.165, 1.54) is 14.2 Å². The van der Waals surface area contributed by atoms with E-state index in [1.54, 1.807) is 12.1 Å². The van der Waals surface area contributed by atoms with Crippen LogP contribution in [0.15, 0.2) is 17.1 Å². The van der Waals surface area contributed by atoms with Gasteiger partial charge in [-0.25, -0.2) is 4.99 Å². The summed E-state index contributed by atoms with van der Waals surface area (Å²) in [5, 5.41) is 16.7. The van der Waals surface area contributed by atoms with Crippen molar-refractivity contribution in [2.75, 3.05) is 20.8 Å². The van der Waals surface area contributed by atoms with Crippen molar-refractivity contribution in [1.29, 1.82) is 0 Å². The number of halogens is 1. The molecule has 1 aromatic carbocycles. The normalized spacial score (nSPS) is 12.8. The highest BCUT2D eigenvalue weighted by Crippen LogP contribution is 2.37. The largest absolute Gasteiger partial charge is 0.502 e. The predicted octanol–water partition coefficient (Wildman–Crippen LogP) is 4.30. The molecule has 0 fully saturated rings. The zero-order valence-corrected chi connectivity index (χ0v) is 20.0. The molecule has 1 aromatic rings. The Bertz CT molecular complexity index is 576. The van der Waals surface area contributed by atoms with Crippen LogP contribution in [-0.2, 0) is 6.54 Å². The van der Waals surface area contributed by atoms with E-state index in [0.717, 1.165) is 30.9 Å². The first-order chi connectivity index (χ1) is 12.2. The van der Waals surface area contributed by atoms with Gasteiger partial charge in [-0.1, -0.05) is 20.8 Å². The van der Waals surface area contributed by atoms with Crippen LogP contribution in [0.1, 0.15) is 53.0 Å². The number of methoxy groups -OCH3 is 2. The number of phenolic OH excluding ortho intramolecular Hbond substituents is 1. The maximum absolute atomic E-state index is 10.0. The molecule has 0 aliphatic carbocycles. The number of nitrogens with zero attached hydrogens (tertiary/aromatic N) is 1. The molecule has 0 aliphatic heterocycles. The Balaban J connectivity index is 0.00000676. The third kappa shape index (κ3) is 9.39. The molecule has 3 N–H and O–H groups in total. The molecule has 1 atom stereocenters. The van der Waals surface area contributed by atoms with E-state index in [2.05, 4.69) is 43.3 Å². The molecule has 0 heterocycles. The Hall–Kier alpha value is -1.38. The Kier molecular flexibility index (Phi) is 11.5. The zero-order valence-electron chi connectivity index (χ0n) is 17.7. The molecule has 7 heteroatoms. The van der Waals surface area contributed by atoms with Gasteiger partial charge in [0.15, 0.2) is 17.5 Å². The standard InChI is InChI=1S/C20H35N3O3.HI/c1-8-21-19(23-14(2)9-10-20(3,4)5)22-13-15-11-16(25-6)18(24)17(12-15)26-7;/h11-12,14,24H,8-10,13H2,1-7H3,(H2,21,22,23);1H. The number of hydrogen-bond acceptors (Lipinski definition) is 4. The van der Waals surface area contributed by atoms with Crippen molar-refractivity contribution in [2.45, 2.75) is 60.0 Å². The van der Waals surface area contributed by atoms with Gasteiger partial charge in [0.25, 0.3) is 0 Å². The summed E-state index contributed by atoms with van der Waals surface area (Å²) in [6.07, 6.45) is 2.22. The van der Waals surface area contributed by atoms with E-state index in [4.69, 9.17) is 9.47 Å². The molecular weight excluding hydrogens is 457 g/mol. The van der Waals surface area contributed by atoms with Crippen LogP contribution in [0.5, 0.6) is 17.2 Å². The van der Waals surface area contributed by atoms with E-state index in [9.17, 15) is 5.11 Å². The highest BCUT2D eigenvalue weighted by molar-refractivity contribution is 14.0. The topological polar surface area (TPSA) is 75.1 Å². The Morgan fingerprint density at radius 1 is 1.19 bits per heavy atom. The molecule has 0 spiro atoms. The molecule has 27 heavy (non-hydrogen) atoms. The van der Waals surface area contributed by atoms with Crippen LogP contribution in [0.2, 0.25) is 0 Å². The number of ether oxygens (including phenoxy) is 2.